The van der Waals surface area contributed by atoms with E-state index in [-0.39, 0.29) is 24.9 Å². The van der Waals surface area contributed by atoms with Gasteiger partial charge in [-0.25, -0.2) is 0 Å². The van der Waals surface area contributed by atoms with Crippen molar-refractivity contribution in [1.29, 1.82) is 0 Å². The van der Waals surface area contributed by atoms with E-state index in [9.17, 15) is 4.79 Å². The number of hydrogen-bond acceptors (Lipinski definition) is 3. The van der Waals surface area contributed by atoms with Crippen molar-refractivity contribution >= 4 is 29.1 Å². The normalized spacial score (nSPS) is 15.0. The first-order chi connectivity index (χ1) is 10.8. The molecule has 2 aromatic carbocycles. The Bertz CT molecular complexity index is 651. The molecule has 0 radical (unpaired) electrons. The molecule has 3 rings (SSSR count). The highest BCUT2D eigenvalue weighted by atomic mass is 35.5. The van der Waals surface area contributed by atoms with Gasteiger partial charge in [0.2, 0.25) is 0 Å². The highest BCUT2D eigenvalue weighted by Gasteiger charge is 2.22. The molecule has 5 heteroatoms. The van der Waals surface area contributed by atoms with E-state index < -0.39 is 0 Å². The number of benzene rings is 2. The molecule has 0 unspecified atom stereocenters. The number of nitrogens with zero attached hydrogens (tertiary/aromatic N) is 1. The van der Waals surface area contributed by atoms with Crippen molar-refractivity contribution < 1.29 is 9.53 Å². The minimum atomic E-state index is 0. The van der Waals surface area contributed by atoms with Gasteiger partial charge in [0.25, 0.3) is 5.91 Å². The fraction of sp³-hybridized carbons (Fsp3) is 0.389. The minimum absolute atomic E-state index is 0. The van der Waals surface area contributed by atoms with Crippen molar-refractivity contribution in [2.45, 2.75) is 18.9 Å². The maximum absolute atomic E-state index is 12.3. The summed E-state index contributed by atoms with van der Waals surface area (Å²) < 4.78 is 5.79. The number of ether oxygens (including phenoxy) is 1. The molecule has 0 aromatic heterocycles. The number of fused-ring (bicyclic) bond motifs is 1. The van der Waals surface area contributed by atoms with E-state index in [4.69, 9.17) is 4.74 Å². The number of piperidine rings is 1. The summed E-state index contributed by atoms with van der Waals surface area (Å²) in [7, 11) is 1.88. The largest absolute Gasteiger partial charge is 0.483 e. The van der Waals surface area contributed by atoms with Crippen LogP contribution in [0, 0.1) is 0 Å². The zero-order valence-electron chi connectivity index (χ0n) is 13.3. The van der Waals surface area contributed by atoms with Gasteiger partial charge in [0.05, 0.1) is 0 Å². The lowest BCUT2D eigenvalue weighted by molar-refractivity contribution is -0.134. The summed E-state index contributed by atoms with van der Waals surface area (Å²) >= 11 is 0. The van der Waals surface area contributed by atoms with E-state index in [1.165, 1.54) is 0 Å². The van der Waals surface area contributed by atoms with Crippen molar-refractivity contribution in [3.05, 3.63) is 42.5 Å². The third-order valence-corrected chi connectivity index (χ3v) is 4.35. The Morgan fingerprint density at radius 3 is 2.65 bits per heavy atom. The van der Waals surface area contributed by atoms with Gasteiger partial charge in [0.1, 0.15) is 5.75 Å². The Morgan fingerprint density at radius 2 is 1.87 bits per heavy atom. The number of carbonyl (C=O) groups excluding carboxylic acids is 1. The number of likely N-dealkylation sites (N-methyl/N-ethyl adjacent to an activating group) is 1. The number of halogens is 1. The summed E-state index contributed by atoms with van der Waals surface area (Å²) in [4.78, 5) is 14.2. The van der Waals surface area contributed by atoms with Crippen molar-refractivity contribution in [3.63, 3.8) is 0 Å². The highest BCUT2D eigenvalue weighted by molar-refractivity contribution is 5.88. The number of carbonyl (C=O) groups is 1. The topological polar surface area (TPSA) is 41.6 Å². The smallest absolute Gasteiger partial charge is 0.260 e. The predicted molar refractivity (Wildman–Crippen MR) is 95.4 cm³/mol. The maximum Gasteiger partial charge on any atom is 0.260 e. The lowest BCUT2D eigenvalue weighted by Crippen LogP contribution is -2.45. The molecule has 1 heterocycles. The molecule has 1 saturated heterocycles. The summed E-state index contributed by atoms with van der Waals surface area (Å²) in [5, 5.41) is 5.49. The van der Waals surface area contributed by atoms with Crippen LogP contribution in [0.4, 0.5) is 0 Å². The van der Waals surface area contributed by atoms with Gasteiger partial charge in [-0.1, -0.05) is 36.4 Å². The minimum Gasteiger partial charge on any atom is -0.483 e. The Kier molecular flexibility index (Phi) is 6.25. The highest BCUT2D eigenvalue weighted by Crippen LogP contribution is 2.25. The molecule has 0 spiro atoms. The van der Waals surface area contributed by atoms with E-state index in [1.807, 2.05) is 54.4 Å². The first-order valence-corrected chi connectivity index (χ1v) is 7.82. The van der Waals surface area contributed by atoms with E-state index in [1.54, 1.807) is 0 Å². The Morgan fingerprint density at radius 1 is 1.17 bits per heavy atom. The van der Waals surface area contributed by atoms with E-state index >= 15 is 0 Å². The van der Waals surface area contributed by atoms with Crippen LogP contribution in [0.2, 0.25) is 0 Å². The molecule has 0 aliphatic carbocycles. The monoisotopic (exact) mass is 334 g/mol. The average molecular weight is 335 g/mol. The predicted octanol–water partition coefficient (Wildman–Crippen LogP) is 2.85. The fourth-order valence-electron chi connectivity index (χ4n) is 2.96. The van der Waals surface area contributed by atoms with Gasteiger partial charge >= 0.3 is 0 Å². The summed E-state index contributed by atoms with van der Waals surface area (Å²) in [6, 6.07) is 14.3. The second-order valence-corrected chi connectivity index (χ2v) is 5.75. The van der Waals surface area contributed by atoms with Crippen LogP contribution in [0.25, 0.3) is 10.8 Å². The second-order valence-electron chi connectivity index (χ2n) is 5.75. The molecule has 2 aromatic rings. The molecule has 4 nitrogen and oxygen atoms in total. The second kappa shape index (κ2) is 8.18. The van der Waals surface area contributed by atoms with Crippen LogP contribution in [0.1, 0.15) is 12.8 Å². The molecule has 0 saturated carbocycles. The lowest BCUT2D eigenvalue weighted by Gasteiger charge is -2.31. The molecule has 1 amide bonds. The SMILES string of the molecule is CN(C(=O)COc1cccc2ccccc12)C1CCNCC1.Cl. The number of amides is 1. The fourth-order valence-corrected chi connectivity index (χ4v) is 2.96. The molecule has 23 heavy (non-hydrogen) atoms. The van der Waals surface area contributed by atoms with Gasteiger partial charge in [0, 0.05) is 18.5 Å². The molecular weight excluding hydrogens is 312 g/mol. The molecule has 0 bridgehead atoms. The summed E-state index contributed by atoms with van der Waals surface area (Å²) in [6.07, 6.45) is 2.02. The van der Waals surface area contributed by atoms with Crippen molar-refractivity contribution in [2.24, 2.45) is 0 Å². The van der Waals surface area contributed by atoms with E-state index in [2.05, 4.69) is 5.32 Å². The standard InChI is InChI=1S/C18H22N2O2.ClH/c1-20(15-9-11-19-12-10-15)18(21)13-22-17-8-4-6-14-5-2-3-7-16(14)17;/h2-8,15,19H,9-13H2,1H3;1H. The quantitative estimate of drug-likeness (QED) is 0.934. The molecule has 0 atom stereocenters. The van der Waals surface area contributed by atoms with Crippen molar-refractivity contribution in [1.82, 2.24) is 10.2 Å². The third-order valence-electron chi connectivity index (χ3n) is 4.35. The maximum atomic E-state index is 12.3. The van der Waals surface area contributed by atoms with Gasteiger partial charge in [-0.3, -0.25) is 4.79 Å². The molecule has 1 aliphatic rings. The zero-order valence-corrected chi connectivity index (χ0v) is 14.1. The van der Waals surface area contributed by atoms with E-state index in [0.717, 1.165) is 42.5 Å². The molecule has 1 N–H and O–H groups in total. The molecule has 124 valence electrons. The van der Waals surface area contributed by atoms with Gasteiger partial charge in [-0.05, 0) is 37.4 Å². The van der Waals surface area contributed by atoms with Crippen LogP contribution in [-0.2, 0) is 4.79 Å². The van der Waals surface area contributed by atoms with Crippen molar-refractivity contribution in [3.8, 4) is 5.75 Å². The van der Waals surface area contributed by atoms with E-state index in [0.29, 0.717) is 6.04 Å². The lowest BCUT2D eigenvalue weighted by atomic mass is 10.1. The van der Waals surface area contributed by atoms with Crippen LogP contribution in [0.15, 0.2) is 42.5 Å². The number of hydrogen-bond donors (Lipinski definition) is 1. The summed E-state index contributed by atoms with van der Waals surface area (Å²) in [5.41, 5.74) is 0. The zero-order chi connectivity index (χ0) is 15.4. The van der Waals surface area contributed by atoms with Crippen LogP contribution in [0.3, 0.4) is 0 Å². The number of rotatable bonds is 4. The third kappa shape index (κ3) is 4.15. The Labute approximate surface area is 143 Å². The molecule has 1 fully saturated rings. The number of nitrogens with one attached hydrogen (secondary N) is 1. The van der Waals surface area contributed by atoms with Gasteiger partial charge in [-0.15, -0.1) is 12.4 Å². The Balaban J connectivity index is 0.00000192. The average Bonchev–Trinajstić information content (AvgIpc) is 2.59. The summed E-state index contributed by atoms with van der Waals surface area (Å²) in [5.74, 6) is 0.810. The molecular formula is C18H23ClN2O2. The first kappa shape index (κ1) is 17.6. The van der Waals surface area contributed by atoms with Crippen LogP contribution < -0.4 is 10.1 Å². The van der Waals surface area contributed by atoms with Gasteiger partial charge in [0.15, 0.2) is 6.61 Å². The van der Waals surface area contributed by atoms with Crippen molar-refractivity contribution in [2.75, 3.05) is 26.7 Å². The molecule has 1 aliphatic heterocycles. The summed E-state index contributed by atoms with van der Waals surface area (Å²) in [6.45, 7) is 2.05. The van der Waals surface area contributed by atoms with Crippen LogP contribution in [0.5, 0.6) is 5.75 Å². The van der Waals surface area contributed by atoms with Crippen LogP contribution in [-0.4, -0.2) is 43.6 Å². The van der Waals surface area contributed by atoms with Gasteiger partial charge in [-0.2, -0.15) is 0 Å². The van der Waals surface area contributed by atoms with Gasteiger partial charge < -0.3 is 15.0 Å². The first-order valence-electron chi connectivity index (χ1n) is 7.82. The van der Waals surface area contributed by atoms with Crippen LogP contribution >= 0.6 is 12.4 Å². The Hall–Kier alpha value is -1.78.